The first-order valence-corrected chi connectivity index (χ1v) is 10.7. The number of nitrogens with one attached hydrogen (secondary N) is 3. The lowest BCUT2D eigenvalue weighted by atomic mass is 9.98. The third-order valence-corrected chi connectivity index (χ3v) is 5.71. The largest absolute Gasteiger partial charge is 0.480 e. The Morgan fingerprint density at radius 3 is 2.29 bits per heavy atom. The van der Waals surface area contributed by atoms with Crippen molar-refractivity contribution in [3.8, 4) is 11.1 Å². The van der Waals surface area contributed by atoms with E-state index < -0.39 is 36.5 Å². The Hall–Kier alpha value is -4.28. The molecule has 4 rings (SSSR count). The van der Waals surface area contributed by atoms with Crippen LogP contribution in [0.25, 0.3) is 11.1 Å². The summed E-state index contributed by atoms with van der Waals surface area (Å²) >= 11 is 0. The standard InChI is InChI=1S/C24H22F2N4O5/c25-24(26,22(33)30-20(21(31)32)9-14-10-27-13-29-14)12-28-23(34)35-11-19-17-7-3-1-5-15(17)16-6-2-4-8-18(16)19/h1-8,10,13,19-20H,9,11-12H2,(H,27,29)(H,28,34)(H,30,33)(H,31,32)/t20-/m0/s1. The molecule has 182 valence electrons. The van der Waals surface area contributed by atoms with E-state index in [1.54, 1.807) is 5.32 Å². The fraction of sp³-hybridized carbons (Fsp3) is 0.250. The van der Waals surface area contributed by atoms with E-state index >= 15 is 0 Å². The van der Waals surface area contributed by atoms with Crippen LogP contribution < -0.4 is 10.6 Å². The van der Waals surface area contributed by atoms with E-state index in [1.165, 1.54) is 12.5 Å². The van der Waals surface area contributed by atoms with Crippen molar-refractivity contribution < 1.29 is 33.0 Å². The number of ether oxygens (including phenoxy) is 1. The average Bonchev–Trinajstić information content (AvgIpc) is 3.47. The highest BCUT2D eigenvalue weighted by Crippen LogP contribution is 2.44. The highest BCUT2D eigenvalue weighted by Gasteiger charge is 2.41. The van der Waals surface area contributed by atoms with Crippen molar-refractivity contribution in [2.45, 2.75) is 24.3 Å². The number of carboxylic acid groups (broad SMARTS) is 1. The molecule has 35 heavy (non-hydrogen) atoms. The van der Waals surface area contributed by atoms with Gasteiger partial charge in [-0.05, 0) is 22.3 Å². The summed E-state index contributed by atoms with van der Waals surface area (Å²) in [5.41, 5.74) is 4.30. The third-order valence-electron chi connectivity index (χ3n) is 5.71. The zero-order valence-electron chi connectivity index (χ0n) is 18.3. The molecule has 11 heteroatoms. The molecule has 0 spiro atoms. The van der Waals surface area contributed by atoms with Crippen molar-refractivity contribution in [1.29, 1.82) is 0 Å². The van der Waals surface area contributed by atoms with Gasteiger partial charge >= 0.3 is 18.0 Å². The zero-order valence-corrected chi connectivity index (χ0v) is 18.3. The Kier molecular flexibility index (Phi) is 6.76. The van der Waals surface area contributed by atoms with E-state index in [-0.39, 0.29) is 18.9 Å². The number of imidazole rings is 1. The maximum atomic E-state index is 14.3. The Balaban J connectivity index is 1.32. The summed E-state index contributed by atoms with van der Waals surface area (Å²) in [6, 6.07) is 13.7. The fourth-order valence-corrected chi connectivity index (χ4v) is 3.99. The van der Waals surface area contributed by atoms with E-state index in [1.807, 2.05) is 53.8 Å². The van der Waals surface area contributed by atoms with Crippen molar-refractivity contribution in [1.82, 2.24) is 20.6 Å². The van der Waals surface area contributed by atoms with Crippen molar-refractivity contribution in [2.24, 2.45) is 0 Å². The second-order valence-electron chi connectivity index (χ2n) is 8.03. The van der Waals surface area contributed by atoms with Crippen LogP contribution in [0.4, 0.5) is 13.6 Å². The lowest BCUT2D eigenvalue weighted by molar-refractivity contribution is -0.150. The van der Waals surface area contributed by atoms with Gasteiger partial charge in [0.1, 0.15) is 12.6 Å². The van der Waals surface area contributed by atoms with Crippen molar-refractivity contribution in [3.05, 3.63) is 77.9 Å². The molecule has 3 aromatic rings. The first-order chi connectivity index (χ1) is 16.8. The minimum absolute atomic E-state index is 0.0805. The number of aliphatic carboxylic acids is 1. The summed E-state index contributed by atoms with van der Waals surface area (Å²) in [6.45, 7) is -1.44. The maximum Gasteiger partial charge on any atom is 0.407 e. The van der Waals surface area contributed by atoms with Gasteiger partial charge in [-0.1, -0.05) is 48.5 Å². The van der Waals surface area contributed by atoms with Crippen LogP contribution in [0.2, 0.25) is 0 Å². The number of H-pyrrole nitrogens is 1. The molecule has 1 aliphatic carbocycles. The van der Waals surface area contributed by atoms with Gasteiger partial charge in [-0.2, -0.15) is 8.78 Å². The van der Waals surface area contributed by atoms with Crippen LogP contribution in [0, 0.1) is 0 Å². The molecule has 1 aliphatic rings. The van der Waals surface area contributed by atoms with Gasteiger partial charge in [0, 0.05) is 24.2 Å². The number of alkyl carbamates (subject to hydrolysis) is 1. The molecule has 0 saturated heterocycles. The van der Waals surface area contributed by atoms with Crippen molar-refractivity contribution >= 4 is 18.0 Å². The number of hydrogen-bond acceptors (Lipinski definition) is 5. The molecule has 0 fully saturated rings. The summed E-state index contributed by atoms with van der Waals surface area (Å²) < 4.78 is 33.8. The van der Waals surface area contributed by atoms with E-state index in [2.05, 4.69) is 9.97 Å². The maximum absolute atomic E-state index is 14.3. The fourth-order valence-electron chi connectivity index (χ4n) is 3.99. The minimum Gasteiger partial charge on any atom is -0.480 e. The lowest BCUT2D eigenvalue weighted by Crippen LogP contribution is -2.53. The molecule has 0 bridgehead atoms. The number of amides is 2. The topological polar surface area (TPSA) is 133 Å². The second-order valence-corrected chi connectivity index (χ2v) is 8.03. The second kappa shape index (κ2) is 9.92. The van der Waals surface area contributed by atoms with E-state index in [4.69, 9.17) is 4.74 Å². The molecular weight excluding hydrogens is 462 g/mol. The molecule has 9 nitrogen and oxygen atoms in total. The molecule has 2 amide bonds. The number of carbonyl (C=O) groups excluding carboxylic acids is 2. The van der Waals surface area contributed by atoms with Crippen LogP contribution in [0.1, 0.15) is 22.7 Å². The Morgan fingerprint density at radius 1 is 1.09 bits per heavy atom. The predicted octanol–water partition coefficient (Wildman–Crippen LogP) is 2.70. The number of halogens is 2. The summed E-state index contributed by atoms with van der Waals surface area (Å²) in [6.07, 6.45) is 1.23. The molecule has 0 saturated carbocycles. The van der Waals surface area contributed by atoms with Gasteiger partial charge in [0.05, 0.1) is 12.9 Å². The van der Waals surface area contributed by atoms with Crippen LogP contribution in [0.3, 0.4) is 0 Å². The van der Waals surface area contributed by atoms with Gasteiger partial charge in [0.25, 0.3) is 5.91 Å². The van der Waals surface area contributed by atoms with Crippen LogP contribution in [-0.4, -0.2) is 58.2 Å². The molecule has 1 aromatic heterocycles. The van der Waals surface area contributed by atoms with Crippen LogP contribution >= 0.6 is 0 Å². The Bertz CT molecular complexity index is 1190. The molecule has 0 unspecified atom stereocenters. The van der Waals surface area contributed by atoms with E-state index in [9.17, 15) is 28.3 Å². The van der Waals surface area contributed by atoms with Crippen LogP contribution in [0.5, 0.6) is 0 Å². The molecule has 0 radical (unpaired) electrons. The Morgan fingerprint density at radius 2 is 1.71 bits per heavy atom. The monoisotopic (exact) mass is 484 g/mol. The number of aromatic nitrogens is 2. The summed E-state index contributed by atoms with van der Waals surface area (Å²) in [7, 11) is 0. The van der Waals surface area contributed by atoms with Gasteiger partial charge in [-0.25, -0.2) is 14.6 Å². The van der Waals surface area contributed by atoms with Crippen LogP contribution in [-0.2, 0) is 20.7 Å². The first kappa shape index (κ1) is 23.9. The summed E-state index contributed by atoms with van der Waals surface area (Å²) in [5.74, 6) is -7.64. The molecule has 2 aromatic carbocycles. The number of hydrogen-bond donors (Lipinski definition) is 4. The van der Waals surface area contributed by atoms with Gasteiger partial charge in [-0.15, -0.1) is 0 Å². The molecular formula is C24H22F2N4O5. The minimum atomic E-state index is -4.06. The van der Waals surface area contributed by atoms with Gasteiger partial charge in [-0.3, -0.25) is 4.79 Å². The van der Waals surface area contributed by atoms with Gasteiger partial charge in [0.15, 0.2) is 0 Å². The quantitative estimate of drug-likeness (QED) is 0.369. The normalized spacial score (nSPS) is 13.4. The van der Waals surface area contributed by atoms with Crippen LogP contribution in [0.15, 0.2) is 61.1 Å². The molecule has 1 heterocycles. The molecule has 4 N–H and O–H groups in total. The highest BCUT2D eigenvalue weighted by molar-refractivity contribution is 5.88. The highest BCUT2D eigenvalue weighted by atomic mass is 19.3. The number of aromatic amines is 1. The molecule has 1 atom stereocenters. The number of nitrogens with zero attached hydrogens (tertiary/aromatic N) is 1. The smallest absolute Gasteiger partial charge is 0.407 e. The summed E-state index contributed by atoms with van der Waals surface area (Å²) in [4.78, 5) is 41.9. The van der Waals surface area contributed by atoms with E-state index in [0.717, 1.165) is 22.3 Å². The van der Waals surface area contributed by atoms with Gasteiger partial charge in [0.2, 0.25) is 0 Å². The SMILES string of the molecule is O=C(NCC(F)(F)C(=O)N[C@@H](Cc1cnc[nH]1)C(=O)O)OCC1c2ccccc2-c2ccccc21. The Labute approximate surface area is 198 Å². The molecule has 0 aliphatic heterocycles. The lowest BCUT2D eigenvalue weighted by Gasteiger charge is -2.20. The zero-order chi connectivity index (χ0) is 25.0. The summed E-state index contributed by atoms with van der Waals surface area (Å²) in [5, 5.41) is 12.9. The predicted molar refractivity (Wildman–Crippen MR) is 120 cm³/mol. The van der Waals surface area contributed by atoms with Gasteiger partial charge < -0.3 is 25.5 Å². The number of alkyl halides is 2. The van der Waals surface area contributed by atoms with Crippen molar-refractivity contribution in [2.75, 3.05) is 13.2 Å². The third kappa shape index (κ3) is 5.29. The number of carbonyl (C=O) groups is 3. The average molecular weight is 484 g/mol. The number of rotatable bonds is 9. The number of benzene rings is 2. The van der Waals surface area contributed by atoms with Crippen molar-refractivity contribution in [3.63, 3.8) is 0 Å². The van der Waals surface area contributed by atoms with E-state index in [0.29, 0.717) is 5.69 Å². The first-order valence-electron chi connectivity index (χ1n) is 10.7. The number of carboxylic acids is 1. The number of fused-ring (bicyclic) bond motifs is 3.